The molecule has 0 radical (unpaired) electrons. The zero-order valence-electron chi connectivity index (χ0n) is 11.1. The standard InChI is InChI=1S/C14H20N2O2/c1-16(6-7-18-9-8-17-2)12-14-5-3-4-13(10-14)11-15/h3-5,10H,6-9,12H2,1-2H3. The van der Waals surface area contributed by atoms with Crippen LogP contribution in [0.15, 0.2) is 24.3 Å². The highest BCUT2D eigenvalue weighted by atomic mass is 16.5. The molecule has 0 N–H and O–H groups in total. The minimum absolute atomic E-state index is 0.633. The summed E-state index contributed by atoms with van der Waals surface area (Å²) >= 11 is 0. The van der Waals surface area contributed by atoms with Crippen molar-refractivity contribution in [2.24, 2.45) is 0 Å². The summed E-state index contributed by atoms with van der Waals surface area (Å²) in [7, 11) is 3.70. The molecule has 0 unspecified atom stereocenters. The van der Waals surface area contributed by atoms with Gasteiger partial charge in [0.25, 0.3) is 0 Å². The Morgan fingerprint density at radius 3 is 2.83 bits per heavy atom. The molecule has 0 spiro atoms. The van der Waals surface area contributed by atoms with E-state index >= 15 is 0 Å². The van der Waals surface area contributed by atoms with Crippen molar-refractivity contribution in [2.75, 3.05) is 40.5 Å². The highest BCUT2D eigenvalue weighted by Gasteiger charge is 2.01. The Kier molecular flexibility index (Phi) is 7.04. The van der Waals surface area contributed by atoms with Gasteiger partial charge in [-0.3, -0.25) is 4.90 Å². The van der Waals surface area contributed by atoms with Crippen molar-refractivity contribution in [3.05, 3.63) is 35.4 Å². The van der Waals surface area contributed by atoms with Crippen molar-refractivity contribution in [3.63, 3.8) is 0 Å². The third-order valence-corrected chi connectivity index (χ3v) is 2.56. The van der Waals surface area contributed by atoms with Gasteiger partial charge >= 0.3 is 0 Å². The molecule has 0 atom stereocenters. The fraction of sp³-hybridized carbons (Fsp3) is 0.500. The van der Waals surface area contributed by atoms with Crippen molar-refractivity contribution in [2.45, 2.75) is 6.54 Å². The Morgan fingerprint density at radius 2 is 2.11 bits per heavy atom. The summed E-state index contributed by atoms with van der Waals surface area (Å²) in [6.45, 7) is 3.64. The van der Waals surface area contributed by atoms with Crippen molar-refractivity contribution >= 4 is 0 Å². The maximum absolute atomic E-state index is 8.82. The fourth-order valence-corrected chi connectivity index (χ4v) is 1.59. The van der Waals surface area contributed by atoms with Crippen LogP contribution < -0.4 is 0 Å². The number of nitrogens with zero attached hydrogens (tertiary/aromatic N) is 2. The van der Waals surface area contributed by atoms with Gasteiger partial charge in [0.05, 0.1) is 31.5 Å². The van der Waals surface area contributed by atoms with Crippen LogP contribution in [-0.4, -0.2) is 45.4 Å². The van der Waals surface area contributed by atoms with E-state index < -0.39 is 0 Å². The third-order valence-electron chi connectivity index (χ3n) is 2.56. The highest BCUT2D eigenvalue weighted by molar-refractivity contribution is 5.32. The molecule has 0 aliphatic carbocycles. The fourth-order valence-electron chi connectivity index (χ4n) is 1.59. The van der Waals surface area contributed by atoms with E-state index in [1.54, 1.807) is 7.11 Å². The van der Waals surface area contributed by atoms with Crippen LogP contribution in [0, 0.1) is 11.3 Å². The lowest BCUT2D eigenvalue weighted by molar-refractivity contribution is 0.0598. The van der Waals surface area contributed by atoms with E-state index in [0.717, 1.165) is 18.7 Å². The normalized spacial score (nSPS) is 10.6. The van der Waals surface area contributed by atoms with E-state index in [0.29, 0.717) is 25.4 Å². The molecule has 0 heterocycles. The monoisotopic (exact) mass is 248 g/mol. The molecule has 0 amide bonds. The molecule has 4 heteroatoms. The van der Waals surface area contributed by atoms with Crippen LogP contribution in [0.2, 0.25) is 0 Å². The van der Waals surface area contributed by atoms with Crippen LogP contribution >= 0.6 is 0 Å². The molecule has 1 aromatic rings. The van der Waals surface area contributed by atoms with Gasteiger partial charge in [-0.25, -0.2) is 0 Å². The molecule has 4 nitrogen and oxygen atoms in total. The summed E-state index contributed by atoms with van der Waals surface area (Å²) in [5.74, 6) is 0. The molecule has 0 aliphatic heterocycles. The number of nitriles is 1. The van der Waals surface area contributed by atoms with Gasteiger partial charge in [-0.15, -0.1) is 0 Å². The average molecular weight is 248 g/mol. The van der Waals surface area contributed by atoms with Crippen molar-refractivity contribution < 1.29 is 9.47 Å². The Balaban J connectivity index is 2.26. The van der Waals surface area contributed by atoms with Crippen LogP contribution in [-0.2, 0) is 16.0 Å². The quantitative estimate of drug-likeness (QED) is 0.656. The van der Waals surface area contributed by atoms with Crippen molar-refractivity contribution in [3.8, 4) is 6.07 Å². The van der Waals surface area contributed by atoms with Crippen molar-refractivity contribution in [1.82, 2.24) is 4.90 Å². The smallest absolute Gasteiger partial charge is 0.0991 e. The molecular formula is C14H20N2O2. The third kappa shape index (κ3) is 5.78. The SMILES string of the molecule is COCCOCCN(C)Cc1cccc(C#N)c1. The maximum atomic E-state index is 8.82. The van der Waals surface area contributed by atoms with Gasteiger partial charge in [0.15, 0.2) is 0 Å². The first kappa shape index (κ1) is 14.7. The number of rotatable bonds is 8. The average Bonchev–Trinajstić information content (AvgIpc) is 2.38. The second-order valence-corrected chi connectivity index (χ2v) is 4.16. The second-order valence-electron chi connectivity index (χ2n) is 4.16. The predicted octanol–water partition coefficient (Wildman–Crippen LogP) is 1.65. The largest absolute Gasteiger partial charge is 0.382 e. The molecule has 0 fully saturated rings. The lowest BCUT2D eigenvalue weighted by Crippen LogP contribution is -2.23. The lowest BCUT2D eigenvalue weighted by Gasteiger charge is -2.16. The molecule has 1 aromatic carbocycles. The number of hydrogen-bond acceptors (Lipinski definition) is 4. The number of benzene rings is 1. The summed E-state index contributed by atoms with van der Waals surface area (Å²) < 4.78 is 10.3. The van der Waals surface area contributed by atoms with Gasteiger partial charge in [0.2, 0.25) is 0 Å². The first-order valence-electron chi connectivity index (χ1n) is 6.00. The molecule has 1 rings (SSSR count). The molecule has 98 valence electrons. The van der Waals surface area contributed by atoms with Gasteiger partial charge in [0, 0.05) is 20.2 Å². The summed E-state index contributed by atoms with van der Waals surface area (Å²) in [5.41, 5.74) is 1.85. The maximum Gasteiger partial charge on any atom is 0.0991 e. The Bertz CT molecular complexity index is 388. The molecular weight excluding hydrogens is 228 g/mol. The van der Waals surface area contributed by atoms with Crippen LogP contribution in [0.25, 0.3) is 0 Å². The minimum atomic E-state index is 0.633. The van der Waals surface area contributed by atoms with E-state index in [2.05, 4.69) is 11.0 Å². The molecule has 0 saturated heterocycles. The Hall–Kier alpha value is -1.41. The zero-order valence-corrected chi connectivity index (χ0v) is 11.1. The lowest BCUT2D eigenvalue weighted by atomic mass is 10.1. The van der Waals surface area contributed by atoms with Crippen LogP contribution in [0.1, 0.15) is 11.1 Å². The van der Waals surface area contributed by atoms with Crippen LogP contribution in [0.4, 0.5) is 0 Å². The van der Waals surface area contributed by atoms with Crippen molar-refractivity contribution in [1.29, 1.82) is 5.26 Å². The first-order chi connectivity index (χ1) is 8.76. The van der Waals surface area contributed by atoms with E-state index in [-0.39, 0.29) is 0 Å². The topological polar surface area (TPSA) is 45.5 Å². The van der Waals surface area contributed by atoms with E-state index in [9.17, 15) is 0 Å². The van der Waals surface area contributed by atoms with E-state index in [4.69, 9.17) is 14.7 Å². The summed E-state index contributed by atoms with van der Waals surface area (Å²) in [4.78, 5) is 2.17. The Labute approximate surface area is 109 Å². The first-order valence-corrected chi connectivity index (χ1v) is 6.00. The molecule has 18 heavy (non-hydrogen) atoms. The Morgan fingerprint density at radius 1 is 1.28 bits per heavy atom. The van der Waals surface area contributed by atoms with Crippen LogP contribution in [0.5, 0.6) is 0 Å². The summed E-state index contributed by atoms with van der Waals surface area (Å²) in [6.07, 6.45) is 0. The number of methoxy groups -OCH3 is 1. The van der Waals surface area contributed by atoms with Gasteiger partial charge in [-0.2, -0.15) is 5.26 Å². The number of ether oxygens (including phenoxy) is 2. The minimum Gasteiger partial charge on any atom is -0.382 e. The molecule has 0 aromatic heterocycles. The molecule has 0 aliphatic rings. The molecule has 0 saturated carbocycles. The van der Waals surface area contributed by atoms with Gasteiger partial charge in [0.1, 0.15) is 0 Å². The van der Waals surface area contributed by atoms with Crippen LogP contribution in [0.3, 0.4) is 0 Å². The second kappa shape index (κ2) is 8.65. The summed E-state index contributed by atoms with van der Waals surface area (Å²) in [6, 6.07) is 9.83. The van der Waals surface area contributed by atoms with Gasteiger partial charge < -0.3 is 9.47 Å². The summed E-state index contributed by atoms with van der Waals surface area (Å²) in [5, 5.41) is 8.82. The van der Waals surface area contributed by atoms with E-state index in [1.807, 2.05) is 31.3 Å². The number of likely N-dealkylation sites (N-methyl/N-ethyl adjacent to an activating group) is 1. The highest BCUT2D eigenvalue weighted by Crippen LogP contribution is 2.06. The van der Waals surface area contributed by atoms with Gasteiger partial charge in [-0.1, -0.05) is 12.1 Å². The number of hydrogen-bond donors (Lipinski definition) is 0. The molecule has 0 bridgehead atoms. The van der Waals surface area contributed by atoms with Gasteiger partial charge in [-0.05, 0) is 24.7 Å². The predicted molar refractivity (Wildman–Crippen MR) is 70.2 cm³/mol. The zero-order chi connectivity index (χ0) is 13.2. The van der Waals surface area contributed by atoms with E-state index in [1.165, 1.54) is 0 Å².